The molecular weight excluding hydrogens is 224 g/mol. The van der Waals surface area contributed by atoms with Crippen molar-refractivity contribution in [1.82, 2.24) is 10.2 Å². The van der Waals surface area contributed by atoms with Crippen molar-refractivity contribution in [3.8, 4) is 0 Å². The summed E-state index contributed by atoms with van der Waals surface area (Å²) in [4.78, 5) is 14.4. The van der Waals surface area contributed by atoms with Crippen molar-refractivity contribution < 1.29 is 4.79 Å². The van der Waals surface area contributed by atoms with Gasteiger partial charge in [0.1, 0.15) is 0 Å². The predicted octanol–water partition coefficient (Wildman–Crippen LogP) is 2.33. The average Bonchev–Trinajstić information content (AvgIpc) is 3.02. The van der Waals surface area contributed by atoms with E-state index >= 15 is 0 Å². The molecule has 2 unspecified atom stereocenters. The summed E-state index contributed by atoms with van der Waals surface area (Å²) in [5.41, 5.74) is 0. The van der Waals surface area contributed by atoms with Gasteiger partial charge < -0.3 is 5.32 Å². The summed E-state index contributed by atoms with van der Waals surface area (Å²) in [7, 11) is 0. The maximum Gasteiger partial charge on any atom is 0.220 e. The number of hydrogen-bond acceptors (Lipinski definition) is 2. The van der Waals surface area contributed by atoms with Gasteiger partial charge in [-0.25, -0.2) is 0 Å². The van der Waals surface area contributed by atoms with Gasteiger partial charge >= 0.3 is 0 Å². The molecule has 2 rings (SSSR count). The number of likely N-dealkylation sites (tertiary alicyclic amines) is 1. The highest BCUT2D eigenvalue weighted by molar-refractivity contribution is 5.76. The smallest absolute Gasteiger partial charge is 0.220 e. The average molecular weight is 250 g/mol. The van der Waals surface area contributed by atoms with Gasteiger partial charge in [-0.2, -0.15) is 0 Å². The first kappa shape index (κ1) is 13.6. The number of nitrogens with zero attached hydrogens (tertiary/aromatic N) is 1. The van der Waals surface area contributed by atoms with Crippen LogP contribution in [0.4, 0.5) is 0 Å². The van der Waals surface area contributed by atoms with Crippen LogP contribution in [0.2, 0.25) is 0 Å². The van der Waals surface area contributed by atoms with E-state index in [2.05, 4.69) is 29.3 Å². The van der Waals surface area contributed by atoms with Gasteiger partial charge in [-0.1, -0.05) is 19.1 Å². The molecule has 0 bridgehead atoms. The fourth-order valence-electron chi connectivity index (χ4n) is 3.05. The molecule has 1 aliphatic heterocycles. The lowest BCUT2D eigenvalue weighted by atomic mass is 10.0. The molecule has 1 aliphatic carbocycles. The van der Waals surface area contributed by atoms with Gasteiger partial charge in [-0.15, -0.1) is 0 Å². The lowest BCUT2D eigenvalue weighted by Gasteiger charge is -2.26. The molecule has 0 aromatic heterocycles. The van der Waals surface area contributed by atoms with E-state index in [1.165, 1.54) is 25.9 Å². The summed E-state index contributed by atoms with van der Waals surface area (Å²) in [5, 5.41) is 3.12. The highest BCUT2D eigenvalue weighted by Crippen LogP contribution is 2.20. The van der Waals surface area contributed by atoms with E-state index in [4.69, 9.17) is 0 Å². The van der Waals surface area contributed by atoms with E-state index in [-0.39, 0.29) is 5.91 Å². The van der Waals surface area contributed by atoms with Gasteiger partial charge in [0.25, 0.3) is 0 Å². The molecule has 0 radical (unpaired) electrons. The molecule has 1 N–H and O–H groups in total. The van der Waals surface area contributed by atoms with Crippen LogP contribution >= 0.6 is 0 Å². The second kappa shape index (κ2) is 6.93. The lowest BCUT2D eigenvalue weighted by Crippen LogP contribution is -2.42. The number of allylic oxidation sites excluding steroid dienone is 2. The Labute approximate surface area is 111 Å². The Hall–Kier alpha value is -0.830. The van der Waals surface area contributed by atoms with Crippen LogP contribution in [0.15, 0.2) is 12.2 Å². The van der Waals surface area contributed by atoms with Gasteiger partial charge in [-0.05, 0) is 51.1 Å². The summed E-state index contributed by atoms with van der Waals surface area (Å²) in [6.07, 6.45) is 11.1. The van der Waals surface area contributed by atoms with Crippen LogP contribution in [0.3, 0.4) is 0 Å². The topological polar surface area (TPSA) is 32.3 Å². The normalized spacial score (nSPS) is 25.5. The summed E-state index contributed by atoms with van der Waals surface area (Å²) < 4.78 is 0. The third-order valence-electron chi connectivity index (χ3n) is 4.22. The molecule has 2 aliphatic rings. The van der Waals surface area contributed by atoms with E-state index in [1.54, 1.807) is 0 Å². The highest BCUT2D eigenvalue weighted by atomic mass is 16.1. The second-order valence-corrected chi connectivity index (χ2v) is 5.58. The van der Waals surface area contributed by atoms with Crippen molar-refractivity contribution >= 4 is 5.91 Å². The van der Waals surface area contributed by atoms with E-state index in [0.29, 0.717) is 18.4 Å². The summed E-state index contributed by atoms with van der Waals surface area (Å²) in [6.45, 7) is 5.46. The molecule has 2 atom stereocenters. The first-order valence-corrected chi connectivity index (χ1v) is 7.47. The fourth-order valence-corrected chi connectivity index (χ4v) is 3.05. The van der Waals surface area contributed by atoms with E-state index in [0.717, 1.165) is 25.8 Å². The van der Waals surface area contributed by atoms with Gasteiger partial charge in [0.05, 0.1) is 0 Å². The molecule has 3 heteroatoms. The SMILES string of the molecule is CCC(CNC(=O)CC1C=CCC1)N1CCCC1. The van der Waals surface area contributed by atoms with Crippen molar-refractivity contribution in [1.29, 1.82) is 0 Å². The second-order valence-electron chi connectivity index (χ2n) is 5.58. The molecule has 1 saturated heterocycles. The minimum Gasteiger partial charge on any atom is -0.355 e. The maximum absolute atomic E-state index is 11.9. The molecular formula is C15H26N2O. The van der Waals surface area contributed by atoms with Gasteiger partial charge in [0, 0.05) is 19.0 Å². The van der Waals surface area contributed by atoms with Crippen molar-refractivity contribution in [2.75, 3.05) is 19.6 Å². The molecule has 1 fully saturated rings. The lowest BCUT2D eigenvalue weighted by molar-refractivity contribution is -0.121. The number of rotatable bonds is 6. The Morgan fingerprint density at radius 3 is 2.83 bits per heavy atom. The van der Waals surface area contributed by atoms with Gasteiger partial charge in [0.15, 0.2) is 0 Å². The third-order valence-corrected chi connectivity index (χ3v) is 4.22. The van der Waals surface area contributed by atoms with Crippen LogP contribution in [0.1, 0.15) is 45.4 Å². The van der Waals surface area contributed by atoms with Crippen LogP contribution in [0.25, 0.3) is 0 Å². The monoisotopic (exact) mass is 250 g/mol. The zero-order chi connectivity index (χ0) is 12.8. The van der Waals surface area contributed by atoms with Crippen molar-refractivity contribution in [3.63, 3.8) is 0 Å². The Morgan fingerprint density at radius 1 is 1.44 bits per heavy atom. The summed E-state index contributed by atoms with van der Waals surface area (Å²) in [5.74, 6) is 0.709. The first-order valence-electron chi connectivity index (χ1n) is 7.47. The fraction of sp³-hybridized carbons (Fsp3) is 0.800. The van der Waals surface area contributed by atoms with E-state index < -0.39 is 0 Å². The number of carbonyl (C=O) groups excluding carboxylic acids is 1. The largest absolute Gasteiger partial charge is 0.355 e. The molecule has 3 nitrogen and oxygen atoms in total. The minimum absolute atomic E-state index is 0.226. The quantitative estimate of drug-likeness (QED) is 0.734. The first-order chi connectivity index (χ1) is 8.79. The predicted molar refractivity (Wildman–Crippen MR) is 74.4 cm³/mol. The van der Waals surface area contributed by atoms with Crippen LogP contribution < -0.4 is 5.32 Å². The molecule has 1 heterocycles. The Bertz CT molecular complexity index is 295. The molecule has 18 heavy (non-hydrogen) atoms. The van der Waals surface area contributed by atoms with Crippen LogP contribution in [-0.2, 0) is 4.79 Å². The highest BCUT2D eigenvalue weighted by Gasteiger charge is 2.21. The number of amides is 1. The molecule has 0 saturated carbocycles. The standard InChI is InChI=1S/C15H26N2O/c1-2-14(17-9-5-6-10-17)12-16-15(18)11-13-7-3-4-8-13/h3,7,13-14H,2,4-6,8-12H2,1H3,(H,16,18). The van der Waals surface area contributed by atoms with Crippen molar-refractivity contribution in [2.24, 2.45) is 5.92 Å². The van der Waals surface area contributed by atoms with E-state index in [9.17, 15) is 4.79 Å². The number of hydrogen-bond donors (Lipinski definition) is 1. The maximum atomic E-state index is 11.9. The summed E-state index contributed by atoms with van der Waals surface area (Å²) >= 11 is 0. The molecule has 102 valence electrons. The van der Waals surface area contributed by atoms with E-state index in [1.807, 2.05) is 0 Å². The zero-order valence-corrected chi connectivity index (χ0v) is 11.5. The molecule has 0 aromatic carbocycles. The minimum atomic E-state index is 0.226. The third kappa shape index (κ3) is 3.84. The van der Waals surface area contributed by atoms with Crippen LogP contribution in [-0.4, -0.2) is 36.5 Å². The van der Waals surface area contributed by atoms with Gasteiger partial charge in [-0.3, -0.25) is 9.69 Å². The summed E-state index contributed by atoms with van der Waals surface area (Å²) in [6, 6.07) is 0.538. The van der Waals surface area contributed by atoms with Gasteiger partial charge in [0.2, 0.25) is 5.91 Å². The Kier molecular flexibility index (Phi) is 5.24. The Balaban J connectivity index is 1.68. The van der Waals surface area contributed by atoms with Crippen LogP contribution in [0.5, 0.6) is 0 Å². The molecule has 0 spiro atoms. The van der Waals surface area contributed by atoms with Crippen molar-refractivity contribution in [3.05, 3.63) is 12.2 Å². The molecule has 0 aromatic rings. The Morgan fingerprint density at radius 2 is 2.22 bits per heavy atom. The number of nitrogens with one attached hydrogen (secondary N) is 1. The van der Waals surface area contributed by atoms with Crippen LogP contribution in [0, 0.1) is 5.92 Å². The molecule has 1 amide bonds. The zero-order valence-electron chi connectivity index (χ0n) is 11.5. The number of carbonyl (C=O) groups is 1. The van der Waals surface area contributed by atoms with Crippen molar-refractivity contribution in [2.45, 2.75) is 51.5 Å².